The zero-order chi connectivity index (χ0) is 19.2. The van der Waals surface area contributed by atoms with E-state index >= 15 is 0 Å². The number of benzene rings is 1. The van der Waals surface area contributed by atoms with Crippen molar-refractivity contribution in [3.05, 3.63) is 41.7 Å². The number of aromatic amines is 1. The van der Waals surface area contributed by atoms with Crippen molar-refractivity contribution in [3.63, 3.8) is 0 Å². The van der Waals surface area contributed by atoms with E-state index in [1.165, 1.54) is 0 Å². The molecule has 10 heteroatoms. The average molecular weight is 381 g/mol. The summed E-state index contributed by atoms with van der Waals surface area (Å²) < 4.78 is 23.8. The molecule has 1 atom stereocenters. The number of amides is 1. The van der Waals surface area contributed by atoms with Gasteiger partial charge in [0.2, 0.25) is 0 Å². The molecule has 0 bridgehead atoms. The van der Waals surface area contributed by atoms with Crippen LogP contribution in [-0.2, 0) is 10.2 Å². The molecule has 142 valence electrons. The Labute approximate surface area is 152 Å². The van der Waals surface area contributed by atoms with Gasteiger partial charge in [0.15, 0.2) is 0 Å². The number of hydrogen-bond donors (Lipinski definition) is 5. The number of nitrogens with two attached hydrogens (primary N) is 1. The van der Waals surface area contributed by atoms with E-state index in [9.17, 15) is 13.2 Å². The van der Waals surface area contributed by atoms with Crippen molar-refractivity contribution >= 4 is 16.3 Å². The molecule has 0 saturated carbocycles. The number of unbranched alkanes of at least 4 members (excludes halogenated alkanes) is 1. The number of hydrogen-bond acceptors (Lipinski definition) is 4. The molecule has 1 unspecified atom stereocenters. The van der Waals surface area contributed by atoms with Gasteiger partial charge in [0, 0.05) is 18.3 Å². The van der Waals surface area contributed by atoms with Gasteiger partial charge in [-0.15, -0.1) is 0 Å². The van der Waals surface area contributed by atoms with Gasteiger partial charge in [0.1, 0.15) is 5.82 Å². The van der Waals surface area contributed by atoms with E-state index in [1.54, 1.807) is 6.20 Å². The number of aryl methyl sites for hydroxylation is 1. The van der Waals surface area contributed by atoms with Gasteiger partial charge >= 0.3 is 6.09 Å². The minimum absolute atomic E-state index is 0.202. The molecular formula is C16H23N5O4S. The molecular weight excluding hydrogens is 358 g/mol. The Morgan fingerprint density at radius 2 is 2.00 bits per heavy atom. The fourth-order valence-corrected chi connectivity index (χ4v) is 2.93. The number of carbonyl (C=O) groups is 1. The minimum Gasteiger partial charge on any atom is -0.465 e. The van der Waals surface area contributed by atoms with Gasteiger partial charge in [-0.25, -0.2) is 19.6 Å². The summed E-state index contributed by atoms with van der Waals surface area (Å²) in [5.41, 5.74) is 2.63. The molecule has 0 aliphatic carbocycles. The molecule has 1 aromatic heterocycles. The highest BCUT2D eigenvalue weighted by atomic mass is 32.2. The van der Waals surface area contributed by atoms with E-state index in [2.05, 4.69) is 20.0 Å². The monoisotopic (exact) mass is 381 g/mol. The molecule has 1 aromatic carbocycles. The summed E-state index contributed by atoms with van der Waals surface area (Å²) in [6, 6.07) is 7.34. The van der Waals surface area contributed by atoms with E-state index in [-0.39, 0.29) is 6.54 Å². The van der Waals surface area contributed by atoms with Gasteiger partial charge < -0.3 is 15.4 Å². The maximum Gasteiger partial charge on any atom is 0.405 e. The fraction of sp³-hybridized carbons (Fsp3) is 0.375. The quantitative estimate of drug-likeness (QED) is 0.419. The molecule has 9 nitrogen and oxygen atoms in total. The molecule has 0 spiro atoms. The van der Waals surface area contributed by atoms with Crippen LogP contribution >= 0.6 is 0 Å². The second-order valence-electron chi connectivity index (χ2n) is 5.98. The van der Waals surface area contributed by atoms with Gasteiger partial charge in [-0.2, -0.15) is 8.42 Å². The van der Waals surface area contributed by atoms with E-state index < -0.39 is 22.3 Å². The van der Waals surface area contributed by atoms with E-state index in [0.717, 1.165) is 11.1 Å². The lowest BCUT2D eigenvalue weighted by atomic mass is 10.1. The third-order valence-electron chi connectivity index (χ3n) is 3.80. The van der Waals surface area contributed by atoms with Crippen LogP contribution in [0.4, 0.5) is 4.79 Å². The SMILES string of the molecule is Cc1ccc(-c2nc(C(CCCCNS(N)(=O)=O)NC(=O)O)c[nH]2)cc1. The second kappa shape index (κ2) is 8.79. The number of imidazole rings is 1. The Hall–Kier alpha value is -2.43. The Morgan fingerprint density at radius 1 is 1.31 bits per heavy atom. The largest absolute Gasteiger partial charge is 0.465 e. The average Bonchev–Trinajstić information content (AvgIpc) is 3.02. The Bertz CT molecular complexity index is 833. The smallest absolute Gasteiger partial charge is 0.405 e. The van der Waals surface area contributed by atoms with Gasteiger partial charge in [-0.1, -0.05) is 29.8 Å². The lowest BCUT2D eigenvalue weighted by molar-refractivity contribution is 0.188. The predicted octanol–water partition coefficient (Wildman–Crippen LogP) is 1.66. The number of nitrogens with zero attached hydrogens (tertiary/aromatic N) is 1. The van der Waals surface area contributed by atoms with Crippen LogP contribution in [0, 0.1) is 6.92 Å². The summed E-state index contributed by atoms with van der Waals surface area (Å²) in [5.74, 6) is 0.660. The summed E-state index contributed by atoms with van der Waals surface area (Å²) in [5, 5.41) is 16.4. The fourth-order valence-electron chi connectivity index (χ4n) is 2.50. The summed E-state index contributed by atoms with van der Waals surface area (Å²) in [4.78, 5) is 18.6. The lowest BCUT2D eigenvalue weighted by Gasteiger charge is -2.14. The molecule has 2 aromatic rings. The molecule has 1 amide bonds. The number of aromatic nitrogens is 2. The highest BCUT2D eigenvalue weighted by Crippen LogP contribution is 2.22. The Morgan fingerprint density at radius 3 is 2.62 bits per heavy atom. The zero-order valence-electron chi connectivity index (χ0n) is 14.4. The van der Waals surface area contributed by atoms with Crippen molar-refractivity contribution in [1.82, 2.24) is 20.0 Å². The van der Waals surface area contributed by atoms with E-state index in [1.807, 2.05) is 31.2 Å². The molecule has 0 aliphatic rings. The minimum atomic E-state index is -3.70. The van der Waals surface area contributed by atoms with Crippen LogP contribution in [0.2, 0.25) is 0 Å². The summed E-state index contributed by atoms with van der Waals surface area (Å²) in [6.45, 7) is 2.20. The van der Waals surface area contributed by atoms with E-state index in [4.69, 9.17) is 10.2 Å². The van der Waals surface area contributed by atoms with Crippen molar-refractivity contribution in [2.75, 3.05) is 6.54 Å². The number of carboxylic acid groups (broad SMARTS) is 1. The van der Waals surface area contributed by atoms with Crippen LogP contribution in [0.5, 0.6) is 0 Å². The van der Waals surface area contributed by atoms with Gasteiger partial charge in [0.05, 0.1) is 11.7 Å². The molecule has 1 heterocycles. The normalized spacial score (nSPS) is 12.7. The number of nitrogens with one attached hydrogen (secondary N) is 3. The first-order valence-electron chi connectivity index (χ1n) is 8.14. The maximum atomic E-state index is 11.1. The molecule has 26 heavy (non-hydrogen) atoms. The van der Waals surface area contributed by atoms with Crippen LogP contribution in [-0.4, -0.2) is 36.1 Å². The molecule has 0 fully saturated rings. The molecule has 0 radical (unpaired) electrons. The maximum absolute atomic E-state index is 11.1. The summed E-state index contributed by atoms with van der Waals surface area (Å²) >= 11 is 0. The first-order chi connectivity index (χ1) is 12.2. The van der Waals surface area contributed by atoms with Crippen molar-refractivity contribution in [1.29, 1.82) is 0 Å². The van der Waals surface area contributed by atoms with Gasteiger partial charge in [-0.05, 0) is 26.2 Å². The molecule has 2 rings (SSSR count). The van der Waals surface area contributed by atoms with Crippen LogP contribution in [0.15, 0.2) is 30.5 Å². The van der Waals surface area contributed by atoms with Crippen LogP contribution < -0.4 is 15.2 Å². The molecule has 0 aliphatic heterocycles. The first-order valence-corrected chi connectivity index (χ1v) is 9.68. The van der Waals surface area contributed by atoms with E-state index in [0.29, 0.717) is 30.8 Å². The van der Waals surface area contributed by atoms with Crippen LogP contribution in [0.25, 0.3) is 11.4 Å². The first kappa shape index (κ1) is 19.9. The van der Waals surface area contributed by atoms with Crippen molar-refractivity contribution < 1.29 is 18.3 Å². The highest BCUT2D eigenvalue weighted by Gasteiger charge is 2.17. The molecule has 0 saturated heterocycles. The second-order valence-corrected chi connectivity index (χ2v) is 7.36. The highest BCUT2D eigenvalue weighted by molar-refractivity contribution is 7.87. The van der Waals surface area contributed by atoms with Crippen LogP contribution in [0.1, 0.15) is 36.6 Å². The standard InChI is InChI=1S/C16H23N5O4S/c1-11-5-7-12(8-6-11)15-18-10-14(20-15)13(21-16(22)23)4-2-3-9-19-26(17,24)25/h5-8,10,13,19,21H,2-4,9H2,1H3,(H,18,20)(H,22,23)(H2,17,24,25). The summed E-state index contributed by atoms with van der Waals surface area (Å²) in [6.07, 6.45) is 2.15. The lowest BCUT2D eigenvalue weighted by Crippen LogP contribution is -2.31. The van der Waals surface area contributed by atoms with Gasteiger partial charge in [-0.3, -0.25) is 0 Å². The van der Waals surface area contributed by atoms with Crippen molar-refractivity contribution in [3.8, 4) is 11.4 Å². The topological polar surface area (TPSA) is 150 Å². The van der Waals surface area contributed by atoms with Crippen LogP contribution in [0.3, 0.4) is 0 Å². The Kier molecular flexibility index (Phi) is 6.72. The predicted molar refractivity (Wildman–Crippen MR) is 97.6 cm³/mol. The summed E-state index contributed by atoms with van der Waals surface area (Å²) in [7, 11) is -3.70. The molecule has 6 N–H and O–H groups in total. The zero-order valence-corrected chi connectivity index (χ0v) is 15.2. The van der Waals surface area contributed by atoms with Gasteiger partial charge in [0.25, 0.3) is 10.2 Å². The number of H-pyrrole nitrogens is 1. The number of rotatable bonds is 9. The third kappa shape index (κ3) is 6.47. The Balaban J connectivity index is 2.00. The third-order valence-corrected chi connectivity index (χ3v) is 4.41. The van der Waals surface area contributed by atoms with Crippen molar-refractivity contribution in [2.45, 2.75) is 32.2 Å². The van der Waals surface area contributed by atoms with Crippen molar-refractivity contribution in [2.24, 2.45) is 5.14 Å².